The number of amides is 2. The lowest BCUT2D eigenvalue weighted by Crippen LogP contribution is -2.52. The lowest BCUT2D eigenvalue weighted by atomic mass is 9.82. The number of ether oxygens (including phenoxy) is 2. The van der Waals surface area contributed by atoms with Crippen LogP contribution >= 0.6 is 0 Å². The van der Waals surface area contributed by atoms with E-state index in [1.807, 2.05) is 13.0 Å². The molecule has 4 rings (SSSR count). The molecule has 0 radical (unpaired) electrons. The Balaban J connectivity index is 2.00. The Morgan fingerprint density at radius 2 is 1.71 bits per heavy atom. The molecule has 0 bridgehead atoms. The SMILES string of the molecule is CCCN1C(=O)C2(C(=C(O)c3ccc(OC)cc3)C(=O)C(=O)N2CCCOC)c2ccccc21. The summed E-state index contributed by atoms with van der Waals surface area (Å²) in [6.45, 7) is 2.85. The average molecular weight is 465 g/mol. The number of methoxy groups -OCH3 is 2. The Labute approximate surface area is 198 Å². The van der Waals surface area contributed by atoms with Gasteiger partial charge in [0.1, 0.15) is 11.5 Å². The van der Waals surface area contributed by atoms with Crippen molar-refractivity contribution in [2.45, 2.75) is 25.3 Å². The van der Waals surface area contributed by atoms with Gasteiger partial charge >= 0.3 is 0 Å². The first-order valence-corrected chi connectivity index (χ1v) is 11.3. The van der Waals surface area contributed by atoms with Crippen LogP contribution in [-0.4, -0.2) is 61.5 Å². The first-order chi connectivity index (χ1) is 16.4. The number of para-hydroxylation sites is 1. The van der Waals surface area contributed by atoms with E-state index in [2.05, 4.69) is 0 Å². The Kier molecular flexibility index (Phi) is 6.43. The van der Waals surface area contributed by atoms with Crippen LogP contribution in [0.3, 0.4) is 0 Å². The molecule has 1 spiro atoms. The van der Waals surface area contributed by atoms with Crippen LogP contribution in [0.1, 0.15) is 30.9 Å². The molecule has 1 N–H and O–H groups in total. The van der Waals surface area contributed by atoms with E-state index >= 15 is 0 Å². The average Bonchev–Trinajstić information content (AvgIpc) is 3.23. The van der Waals surface area contributed by atoms with Crippen LogP contribution in [0.5, 0.6) is 5.75 Å². The van der Waals surface area contributed by atoms with Crippen LogP contribution in [0, 0.1) is 0 Å². The van der Waals surface area contributed by atoms with Gasteiger partial charge in [0.15, 0.2) is 5.54 Å². The highest BCUT2D eigenvalue weighted by Gasteiger charge is 2.66. The van der Waals surface area contributed by atoms with Crippen molar-refractivity contribution in [1.29, 1.82) is 0 Å². The van der Waals surface area contributed by atoms with Crippen LogP contribution < -0.4 is 9.64 Å². The second kappa shape index (κ2) is 9.30. The summed E-state index contributed by atoms with van der Waals surface area (Å²) in [5.41, 5.74) is -0.489. The Morgan fingerprint density at radius 1 is 1.00 bits per heavy atom. The molecule has 2 amide bonds. The fourth-order valence-corrected chi connectivity index (χ4v) is 4.87. The van der Waals surface area contributed by atoms with Crippen molar-refractivity contribution in [1.82, 2.24) is 4.90 Å². The number of ketones is 1. The molecule has 2 heterocycles. The summed E-state index contributed by atoms with van der Waals surface area (Å²) in [5.74, 6) is -1.93. The van der Waals surface area contributed by atoms with E-state index in [-0.39, 0.29) is 12.1 Å². The lowest BCUT2D eigenvalue weighted by molar-refractivity contribution is -0.143. The Morgan fingerprint density at radius 3 is 2.35 bits per heavy atom. The highest BCUT2D eigenvalue weighted by Crippen LogP contribution is 2.53. The summed E-state index contributed by atoms with van der Waals surface area (Å²) in [7, 11) is 3.07. The summed E-state index contributed by atoms with van der Waals surface area (Å²) in [6.07, 6.45) is 1.11. The van der Waals surface area contributed by atoms with Crippen LogP contribution in [0.15, 0.2) is 54.1 Å². The van der Waals surface area contributed by atoms with Gasteiger partial charge in [-0.3, -0.25) is 14.4 Å². The van der Waals surface area contributed by atoms with E-state index in [1.54, 1.807) is 54.5 Å². The number of carbonyl (C=O) groups excluding carboxylic acids is 3. The predicted molar refractivity (Wildman–Crippen MR) is 127 cm³/mol. The Bertz CT molecular complexity index is 1160. The summed E-state index contributed by atoms with van der Waals surface area (Å²) >= 11 is 0. The van der Waals surface area contributed by atoms with Gasteiger partial charge in [-0.15, -0.1) is 0 Å². The van der Waals surface area contributed by atoms with Crippen LogP contribution in [0.25, 0.3) is 5.76 Å². The van der Waals surface area contributed by atoms with Crippen molar-refractivity contribution in [2.75, 3.05) is 38.8 Å². The molecule has 0 saturated carbocycles. The van der Waals surface area contributed by atoms with Gasteiger partial charge in [-0.1, -0.05) is 25.1 Å². The topological polar surface area (TPSA) is 96.4 Å². The summed E-state index contributed by atoms with van der Waals surface area (Å²) in [5, 5.41) is 11.4. The summed E-state index contributed by atoms with van der Waals surface area (Å²) in [4.78, 5) is 43.8. The molecule has 2 aliphatic rings. The summed E-state index contributed by atoms with van der Waals surface area (Å²) in [6, 6.07) is 13.6. The third-order valence-electron chi connectivity index (χ3n) is 6.35. The van der Waals surface area contributed by atoms with Gasteiger partial charge in [0.2, 0.25) is 0 Å². The van der Waals surface area contributed by atoms with Crippen LogP contribution in [0.2, 0.25) is 0 Å². The number of fused-ring (bicyclic) bond motifs is 2. The van der Waals surface area contributed by atoms with E-state index in [0.717, 1.165) is 0 Å². The molecule has 2 aromatic carbocycles. The van der Waals surface area contributed by atoms with Gasteiger partial charge in [-0.05, 0) is 43.2 Å². The van der Waals surface area contributed by atoms with Crippen LogP contribution in [-0.2, 0) is 24.7 Å². The van der Waals surface area contributed by atoms with Crippen molar-refractivity contribution in [2.24, 2.45) is 0 Å². The number of likely N-dealkylation sites (tertiary alicyclic amines) is 1. The number of anilines is 1. The molecular weight excluding hydrogens is 436 g/mol. The van der Waals surface area contributed by atoms with E-state index in [4.69, 9.17) is 9.47 Å². The van der Waals surface area contributed by atoms with Gasteiger partial charge in [0, 0.05) is 37.9 Å². The number of benzene rings is 2. The molecule has 0 aliphatic carbocycles. The number of carbonyl (C=O) groups is 3. The van der Waals surface area contributed by atoms with E-state index in [1.165, 1.54) is 12.0 Å². The van der Waals surface area contributed by atoms with Crippen molar-refractivity contribution in [3.8, 4) is 5.75 Å². The van der Waals surface area contributed by atoms with Gasteiger partial charge in [-0.2, -0.15) is 0 Å². The van der Waals surface area contributed by atoms with E-state index in [9.17, 15) is 19.5 Å². The molecule has 1 saturated heterocycles. The fraction of sp³-hybridized carbons (Fsp3) is 0.346. The number of nitrogens with zero attached hydrogens (tertiary/aromatic N) is 2. The molecule has 8 heteroatoms. The maximum Gasteiger partial charge on any atom is 0.296 e. The molecule has 1 atom stereocenters. The molecule has 8 nitrogen and oxygen atoms in total. The minimum atomic E-state index is -1.74. The predicted octanol–water partition coefficient (Wildman–Crippen LogP) is 3.06. The van der Waals surface area contributed by atoms with Gasteiger partial charge in [0.05, 0.1) is 18.4 Å². The van der Waals surface area contributed by atoms with Crippen molar-refractivity contribution < 1.29 is 29.0 Å². The van der Waals surface area contributed by atoms with E-state index < -0.39 is 28.9 Å². The first kappa shape index (κ1) is 23.5. The zero-order chi connectivity index (χ0) is 24.5. The maximum absolute atomic E-state index is 14.1. The third-order valence-corrected chi connectivity index (χ3v) is 6.35. The van der Waals surface area contributed by atoms with Gasteiger partial charge < -0.3 is 24.4 Å². The second-order valence-corrected chi connectivity index (χ2v) is 8.27. The molecule has 34 heavy (non-hydrogen) atoms. The number of hydrogen-bond acceptors (Lipinski definition) is 6. The minimum absolute atomic E-state index is 0.123. The third kappa shape index (κ3) is 3.37. The lowest BCUT2D eigenvalue weighted by Gasteiger charge is -2.34. The molecule has 1 unspecified atom stereocenters. The van der Waals surface area contributed by atoms with Crippen molar-refractivity contribution in [3.05, 3.63) is 65.2 Å². The fourth-order valence-electron chi connectivity index (χ4n) is 4.87. The molecule has 2 aliphatic heterocycles. The van der Waals surface area contributed by atoms with Crippen molar-refractivity contribution in [3.63, 3.8) is 0 Å². The highest BCUT2D eigenvalue weighted by atomic mass is 16.5. The second-order valence-electron chi connectivity index (χ2n) is 8.27. The largest absolute Gasteiger partial charge is 0.507 e. The molecule has 2 aromatic rings. The minimum Gasteiger partial charge on any atom is -0.507 e. The first-order valence-electron chi connectivity index (χ1n) is 11.3. The molecular formula is C26H28N2O6. The van der Waals surface area contributed by atoms with E-state index in [0.29, 0.717) is 48.6 Å². The monoisotopic (exact) mass is 464 g/mol. The molecule has 0 aromatic heterocycles. The highest BCUT2D eigenvalue weighted by molar-refractivity contribution is 6.50. The van der Waals surface area contributed by atoms with Gasteiger partial charge in [0.25, 0.3) is 17.6 Å². The van der Waals surface area contributed by atoms with Crippen molar-refractivity contribution >= 4 is 29.0 Å². The standard InChI is InChI=1S/C26H28N2O6/c1-4-14-27-20-9-6-5-8-19(20)26(25(27)32)21(22(29)17-10-12-18(34-3)13-11-17)23(30)24(31)28(26)15-7-16-33-2/h5-6,8-13,29H,4,7,14-16H2,1-3H3. The number of aliphatic hydroxyl groups excluding tert-OH is 1. The smallest absolute Gasteiger partial charge is 0.296 e. The quantitative estimate of drug-likeness (QED) is 0.279. The zero-order valence-electron chi connectivity index (χ0n) is 19.5. The van der Waals surface area contributed by atoms with Gasteiger partial charge in [-0.25, -0.2) is 0 Å². The summed E-state index contributed by atoms with van der Waals surface area (Å²) < 4.78 is 10.3. The number of Topliss-reactive ketones (excluding diaryl/α,β-unsaturated/α-hetero) is 1. The number of hydrogen-bond donors (Lipinski definition) is 1. The normalized spacial score (nSPS) is 21.0. The number of rotatable bonds is 8. The zero-order valence-corrected chi connectivity index (χ0v) is 19.5. The van der Waals surface area contributed by atoms with Crippen LogP contribution in [0.4, 0.5) is 5.69 Å². The number of aliphatic hydroxyl groups is 1. The molecule has 1 fully saturated rings. The maximum atomic E-state index is 14.1. The molecule has 178 valence electrons. The Hall–Kier alpha value is -3.65.